The van der Waals surface area contributed by atoms with Crippen LogP contribution >= 0.6 is 0 Å². The number of hydrogen-bond acceptors (Lipinski definition) is 6. The van der Waals surface area contributed by atoms with E-state index in [1.54, 1.807) is 30.3 Å². The highest BCUT2D eigenvalue weighted by atomic mass is 16.5. The molecule has 1 N–H and O–H groups in total. The van der Waals surface area contributed by atoms with Crippen molar-refractivity contribution in [3.8, 4) is 5.69 Å². The van der Waals surface area contributed by atoms with Gasteiger partial charge in [-0.15, -0.1) is 5.10 Å². The molecule has 8 nitrogen and oxygen atoms in total. The predicted molar refractivity (Wildman–Crippen MR) is 93.8 cm³/mol. The van der Waals surface area contributed by atoms with Crippen LogP contribution in [0.5, 0.6) is 0 Å². The smallest absolute Gasteiger partial charge is 0.338 e. The first-order valence-corrected chi connectivity index (χ1v) is 7.95. The number of amides is 1. The van der Waals surface area contributed by atoms with Crippen LogP contribution in [0.1, 0.15) is 22.8 Å². The van der Waals surface area contributed by atoms with Crippen LogP contribution in [0.3, 0.4) is 0 Å². The first-order chi connectivity index (χ1) is 12.5. The zero-order chi connectivity index (χ0) is 18.5. The molecule has 2 aromatic carbocycles. The highest BCUT2D eigenvalue weighted by Crippen LogP contribution is 2.12. The number of tetrazole rings is 1. The highest BCUT2D eigenvalue weighted by Gasteiger charge is 2.19. The number of carbonyl (C=O) groups excluding carboxylic acids is 2. The number of ether oxygens (including phenoxy) is 1. The van der Waals surface area contributed by atoms with Crippen molar-refractivity contribution in [3.05, 3.63) is 66.0 Å². The van der Waals surface area contributed by atoms with Crippen molar-refractivity contribution in [2.75, 3.05) is 5.32 Å². The van der Waals surface area contributed by atoms with Crippen molar-refractivity contribution >= 4 is 17.6 Å². The summed E-state index contributed by atoms with van der Waals surface area (Å²) in [5, 5.41) is 13.6. The Bertz CT molecular complexity index is 907. The van der Waals surface area contributed by atoms with E-state index in [9.17, 15) is 9.59 Å². The number of anilines is 1. The van der Waals surface area contributed by atoms with E-state index in [-0.39, 0.29) is 0 Å². The molecule has 0 aliphatic carbocycles. The van der Waals surface area contributed by atoms with Gasteiger partial charge >= 0.3 is 5.97 Å². The van der Waals surface area contributed by atoms with Gasteiger partial charge in [-0.3, -0.25) is 4.79 Å². The number of rotatable bonds is 5. The van der Waals surface area contributed by atoms with Crippen LogP contribution in [0, 0.1) is 6.92 Å². The third kappa shape index (κ3) is 4.10. The maximum atomic E-state index is 12.2. The molecule has 8 heteroatoms. The van der Waals surface area contributed by atoms with E-state index in [0.717, 1.165) is 5.56 Å². The monoisotopic (exact) mass is 351 g/mol. The molecular formula is C18H17N5O3. The number of aromatic nitrogens is 4. The minimum absolute atomic E-state index is 0.331. The lowest BCUT2D eigenvalue weighted by Gasteiger charge is -2.14. The van der Waals surface area contributed by atoms with Gasteiger partial charge in [-0.05, 0) is 66.2 Å². The molecule has 1 aromatic heterocycles. The maximum Gasteiger partial charge on any atom is 0.338 e. The fourth-order valence-electron chi connectivity index (χ4n) is 2.28. The largest absolute Gasteiger partial charge is 0.449 e. The summed E-state index contributed by atoms with van der Waals surface area (Å²) >= 11 is 0. The molecule has 0 spiro atoms. The lowest BCUT2D eigenvalue weighted by molar-refractivity contribution is -0.123. The topological polar surface area (TPSA) is 99.0 Å². The molecule has 0 saturated carbocycles. The van der Waals surface area contributed by atoms with Crippen LogP contribution in [0.25, 0.3) is 5.69 Å². The van der Waals surface area contributed by atoms with Gasteiger partial charge in [0.15, 0.2) is 6.10 Å². The Kier molecular flexibility index (Phi) is 5.02. The van der Waals surface area contributed by atoms with Gasteiger partial charge in [0, 0.05) is 5.69 Å². The number of nitrogens with zero attached hydrogens (tertiary/aromatic N) is 4. The van der Waals surface area contributed by atoms with Crippen molar-refractivity contribution in [1.82, 2.24) is 20.2 Å². The maximum absolute atomic E-state index is 12.2. The molecule has 3 aromatic rings. The number of esters is 1. The molecule has 0 bridgehead atoms. The van der Waals surface area contributed by atoms with Crippen LogP contribution in [0.2, 0.25) is 0 Å². The van der Waals surface area contributed by atoms with E-state index >= 15 is 0 Å². The summed E-state index contributed by atoms with van der Waals surface area (Å²) in [6, 6.07) is 13.9. The zero-order valence-corrected chi connectivity index (χ0v) is 14.3. The zero-order valence-electron chi connectivity index (χ0n) is 14.3. The van der Waals surface area contributed by atoms with Gasteiger partial charge in [0.25, 0.3) is 5.91 Å². The van der Waals surface area contributed by atoms with Gasteiger partial charge in [-0.2, -0.15) is 0 Å². The van der Waals surface area contributed by atoms with E-state index in [1.807, 2.05) is 25.1 Å². The third-order valence-electron chi connectivity index (χ3n) is 3.66. The Morgan fingerprint density at radius 3 is 2.58 bits per heavy atom. The molecular weight excluding hydrogens is 334 g/mol. The Labute approximate surface area is 149 Å². The Morgan fingerprint density at radius 2 is 1.92 bits per heavy atom. The number of nitrogens with one attached hydrogen (secondary N) is 1. The van der Waals surface area contributed by atoms with Crippen LogP contribution in [-0.2, 0) is 9.53 Å². The van der Waals surface area contributed by atoms with E-state index in [1.165, 1.54) is 17.9 Å². The van der Waals surface area contributed by atoms with Gasteiger partial charge in [-0.25, -0.2) is 9.48 Å². The normalized spacial score (nSPS) is 11.6. The SMILES string of the molecule is Cc1cccc(NC(=O)[C@@H](C)OC(=O)c2ccc(-n3cnnn3)cc2)c1. The molecule has 26 heavy (non-hydrogen) atoms. The molecule has 0 aliphatic heterocycles. The Morgan fingerprint density at radius 1 is 1.15 bits per heavy atom. The van der Waals surface area contributed by atoms with Crippen molar-refractivity contribution in [1.29, 1.82) is 0 Å². The van der Waals surface area contributed by atoms with E-state index in [0.29, 0.717) is 16.9 Å². The van der Waals surface area contributed by atoms with Gasteiger partial charge in [0.1, 0.15) is 6.33 Å². The molecule has 0 fully saturated rings. The Balaban J connectivity index is 1.60. The molecule has 1 amide bonds. The molecule has 0 aliphatic rings. The summed E-state index contributed by atoms with van der Waals surface area (Å²) in [4.78, 5) is 24.4. The quantitative estimate of drug-likeness (QED) is 0.707. The lowest BCUT2D eigenvalue weighted by Crippen LogP contribution is -2.30. The summed E-state index contributed by atoms with van der Waals surface area (Å²) in [7, 11) is 0. The van der Waals surface area contributed by atoms with Crippen LogP contribution in [-0.4, -0.2) is 38.2 Å². The molecule has 0 radical (unpaired) electrons. The third-order valence-corrected chi connectivity index (χ3v) is 3.66. The van der Waals surface area contributed by atoms with Gasteiger partial charge in [0.2, 0.25) is 0 Å². The van der Waals surface area contributed by atoms with E-state index in [2.05, 4.69) is 20.8 Å². The van der Waals surface area contributed by atoms with E-state index < -0.39 is 18.0 Å². The summed E-state index contributed by atoms with van der Waals surface area (Å²) in [6.45, 7) is 3.45. The average Bonchev–Trinajstić information content (AvgIpc) is 3.16. The summed E-state index contributed by atoms with van der Waals surface area (Å²) < 4.78 is 6.70. The Hall–Kier alpha value is -3.55. The van der Waals surface area contributed by atoms with Gasteiger partial charge < -0.3 is 10.1 Å². The van der Waals surface area contributed by atoms with Crippen molar-refractivity contribution in [2.24, 2.45) is 0 Å². The minimum atomic E-state index is -0.929. The number of benzene rings is 2. The van der Waals surface area contributed by atoms with E-state index in [4.69, 9.17) is 4.74 Å². The second-order valence-electron chi connectivity index (χ2n) is 5.71. The second kappa shape index (κ2) is 7.56. The standard InChI is InChI=1S/C18H17N5O3/c1-12-4-3-5-15(10-12)20-17(24)13(2)26-18(25)14-6-8-16(9-7-14)23-11-19-21-22-23/h3-11,13H,1-2H3,(H,20,24)/t13-/m1/s1. The summed E-state index contributed by atoms with van der Waals surface area (Å²) in [5.41, 5.74) is 2.72. The first-order valence-electron chi connectivity index (χ1n) is 7.95. The van der Waals surface area contributed by atoms with Crippen molar-refractivity contribution in [2.45, 2.75) is 20.0 Å². The van der Waals surface area contributed by atoms with Gasteiger partial charge in [-0.1, -0.05) is 12.1 Å². The lowest BCUT2D eigenvalue weighted by atomic mass is 10.2. The second-order valence-corrected chi connectivity index (χ2v) is 5.71. The highest BCUT2D eigenvalue weighted by molar-refractivity contribution is 5.97. The fraction of sp³-hybridized carbons (Fsp3) is 0.167. The molecule has 0 unspecified atom stereocenters. The average molecular weight is 351 g/mol. The van der Waals surface area contributed by atoms with Crippen LogP contribution in [0.4, 0.5) is 5.69 Å². The van der Waals surface area contributed by atoms with Gasteiger partial charge in [0.05, 0.1) is 11.3 Å². The van der Waals surface area contributed by atoms with Crippen LogP contribution < -0.4 is 5.32 Å². The first kappa shape index (κ1) is 17.3. The van der Waals surface area contributed by atoms with Crippen LogP contribution in [0.15, 0.2) is 54.9 Å². The molecule has 132 valence electrons. The molecule has 1 heterocycles. The number of aryl methyl sites for hydroxylation is 1. The number of carbonyl (C=O) groups is 2. The number of hydrogen-bond donors (Lipinski definition) is 1. The van der Waals surface area contributed by atoms with Crippen molar-refractivity contribution < 1.29 is 14.3 Å². The molecule has 3 rings (SSSR count). The minimum Gasteiger partial charge on any atom is -0.449 e. The predicted octanol–water partition coefficient (Wildman–Crippen LogP) is 2.15. The summed E-state index contributed by atoms with van der Waals surface area (Å²) in [6.07, 6.45) is 0.521. The molecule has 1 atom stereocenters. The van der Waals surface area contributed by atoms with Crippen molar-refractivity contribution in [3.63, 3.8) is 0 Å². The molecule has 0 saturated heterocycles. The summed E-state index contributed by atoms with van der Waals surface area (Å²) in [5.74, 6) is -0.977. The fourth-order valence-corrected chi connectivity index (χ4v) is 2.28.